The molecule has 1 aromatic rings. The third kappa shape index (κ3) is 10.3. The van der Waals surface area contributed by atoms with E-state index in [1.165, 1.54) is 0 Å². The fourth-order valence-electron chi connectivity index (χ4n) is 2.14. The monoisotopic (exact) mass is 460 g/mol. The average molecular weight is 460 g/mol. The Morgan fingerprint density at radius 1 is 1.08 bits per heavy atom. The lowest BCUT2D eigenvalue weighted by molar-refractivity contribution is 0.0953. The molecule has 1 aromatic carbocycles. The van der Waals surface area contributed by atoms with E-state index in [0.717, 1.165) is 43.9 Å². The highest BCUT2D eigenvalue weighted by atomic mass is 127. The van der Waals surface area contributed by atoms with Crippen LogP contribution in [0.15, 0.2) is 29.3 Å². The van der Waals surface area contributed by atoms with Gasteiger partial charge in [0.25, 0.3) is 5.91 Å². The van der Waals surface area contributed by atoms with Gasteiger partial charge >= 0.3 is 0 Å². The number of guanidine groups is 1. The van der Waals surface area contributed by atoms with Crippen molar-refractivity contribution in [2.75, 3.05) is 20.1 Å². The van der Waals surface area contributed by atoms with Crippen LogP contribution in [-0.4, -0.2) is 32.0 Å². The third-order valence-corrected chi connectivity index (χ3v) is 3.73. The molecule has 0 saturated carbocycles. The molecule has 0 unspecified atom stereocenters. The maximum atomic E-state index is 12.0. The number of carbonyl (C=O) groups excluding carboxylic acids is 1. The van der Waals surface area contributed by atoms with Crippen LogP contribution in [-0.2, 0) is 6.54 Å². The second-order valence-electron chi connectivity index (χ2n) is 6.34. The van der Waals surface area contributed by atoms with Crippen LogP contribution in [0.5, 0.6) is 0 Å². The van der Waals surface area contributed by atoms with Gasteiger partial charge in [0.1, 0.15) is 0 Å². The molecule has 0 atom stereocenters. The minimum atomic E-state index is -0.00544. The minimum Gasteiger partial charge on any atom is -0.356 e. The number of carbonyl (C=O) groups is 1. The number of halogens is 1. The predicted octanol–water partition coefficient (Wildman–Crippen LogP) is 3.55. The maximum absolute atomic E-state index is 12.0. The van der Waals surface area contributed by atoms with Crippen LogP contribution in [0.1, 0.15) is 56.0 Å². The summed E-state index contributed by atoms with van der Waals surface area (Å²) in [6.45, 7) is 8.85. The number of hydrogen-bond acceptors (Lipinski definition) is 2. The summed E-state index contributed by atoms with van der Waals surface area (Å²) >= 11 is 0. The van der Waals surface area contributed by atoms with Gasteiger partial charge in [-0.15, -0.1) is 24.0 Å². The summed E-state index contributed by atoms with van der Waals surface area (Å²) in [6, 6.07) is 7.69. The fraction of sp³-hybridized carbons (Fsp3) is 0.579. The molecule has 0 aliphatic carbocycles. The highest BCUT2D eigenvalue weighted by Crippen LogP contribution is 2.04. The second kappa shape index (κ2) is 13.9. The Bertz CT molecular complexity index is 515. The Morgan fingerprint density at radius 3 is 2.32 bits per heavy atom. The zero-order valence-electron chi connectivity index (χ0n) is 15.9. The number of nitrogens with one attached hydrogen (secondary N) is 3. The molecular weight excluding hydrogens is 427 g/mol. The highest BCUT2D eigenvalue weighted by Gasteiger charge is 2.05. The number of amides is 1. The van der Waals surface area contributed by atoms with E-state index in [-0.39, 0.29) is 29.9 Å². The number of benzene rings is 1. The van der Waals surface area contributed by atoms with Gasteiger partial charge in [-0.05, 0) is 36.5 Å². The van der Waals surface area contributed by atoms with E-state index in [0.29, 0.717) is 18.0 Å². The van der Waals surface area contributed by atoms with Gasteiger partial charge in [0, 0.05) is 32.2 Å². The van der Waals surface area contributed by atoms with Crippen LogP contribution in [0.3, 0.4) is 0 Å². The molecule has 0 bridgehead atoms. The van der Waals surface area contributed by atoms with E-state index >= 15 is 0 Å². The zero-order valence-corrected chi connectivity index (χ0v) is 18.2. The molecule has 0 fully saturated rings. The van der Waals surface area contributed by atoms with Gasteiger partial charge in [0.15, 0.2) is 5.96 Å². The molecular formula is C19H33IN4O. The third-order valence-electron chi connectivity index (χ3n) is 3.73. The summed E-state index contributed by atoms with van der Waals surface area (Å²) in [5.41, 5.74) is 1.82. The summed E-state index contributed by atoms with van der Waals surface area (Å²) in [6.07, 6.45) is 3.20. The van der Waals surface area contributed by atoms with Gasteiger partial charge in [0.2, 0.25) is 0 Å². The average Bonchev–Trinajstić information content (AvgIpc) is 2.58. The van der Waals surface area contributed by atoms with Crippen molar-refractivity contribution in [2.24, 2.45) is 10.9 Å². The van der Waals surface area contributed by atoms with Crippen molar-refractivity contribution in [2.45, 2.75) is 46.6 Å². The molecule has 0 aliphatic rings. The summed E-state index contributed by atoms with van der Waals surface area (Å²) in [4.78, 5) is 16.2. The van der Waals surface area contributed by atoms with Crippen molar-refractivity contribution in [3.63, 3.8) is 0 Å². The summed E-state index contributed by atoms with van der Waals surface area (Å²) in [7, 11) is 1.77. The molecule has 6 heteroatoms. The first-order valence-corrected chi connectivity index (χ1v) is 8.88. The van der Waals surface area contributed by atoms with Crippen molar-refractivity contribution in [1.29, 1.82) is 0 Å². The van der Waals surface area contributed by atoms with E-state index in [2.05, 4.69) is 41.7 Å². The number of unbranched alkanes of at least 4 members (excludes halogenated alkanes) is 1. The maximum Gasteiger partial charge on any atom is 0.251 e. The standard InChI is InChI=1S/C19H32N4O.HI/c1-5-6-12-21-18(24)17-9-7-16(8-10-17)14-23-19(20-4)22-13-11-15(2)3;/h7-10,15H,5-6,11-14H2,1-4H3,(H,21,24)(H2,20,22,23);1H. The lowest BCUT2D eigenvalue weighted by Gasteiger charge is -2.13. The van der Waals surface area contributed by atoms with Crippen LogP contribution in [0.4, 0.5) is 0 Å². The van der Waals surface area contributed by atoms with Crippen LogP contribution in [0.2, 0.25) is 0 Å². The largest absolute Gasteiger partial charge is 0.356 e. The van der Waals surface area contributed by atoms with Gasteiger partial charge in [-0.25, -0.2) is 0 Å². The van der Waals surface area contributed by atoms with Crippen molar-refractivity contribution in [3.05, 3.63) is 35.4 Å². The Balaban J connectivity index is 0.00000576. The number of nitrogens with zero attached hydrogens (tertiary/aromatic N) is 1. The van der Waals surface area contributed by atoms with Gasteiger partial charge in [-0.1, -0.05) is 39.3 Å². The molecule has 1 amide bonds. The van der Waals surface area contributed by atoms with E-state index in [1.54, 1.807) is 7.05 Å². The van der Waals surface area contributed by atoms with Crippen molar-refractivity contribution < 1.29 is 4.79 Å². The topological polar surface area (TPSA) is 65.5 Å². The highest BCUT2D eigenvalue weighted by molar-refractivity contribution is 14.0. The van der Waals surface area contributed by atoms with Crippen LogP contribution < -0.4 is 16.0 Å². The van der Waals surface area contributed by atoms with E-state index < -0.39 is 0 Å². The normalized spacial score (nSPS) is 11.0. The van der Waals surface area contributed by atoms with Crippen molar-refractivity contribution in [3.8, 4) is 0 Å². The molecule has 5 nitrogen and oxygen atoms in total. The molecule has 0 aliphatic heterocycles. The first-order valence-electron chi connectivity index (χ1n) is 8.88. The molecule has 0 saturated heterocycles. The number of aliphatic imine (C=N–C) groups is 1. The fourth-order valence-corrected chi connectivity index (χ4v) is 2.14. The molecule has 25 heavy (non-hydrogen) atoms. The molecule has 0 radical (unpaired) electrons. The Kier molecular flexibility index (Phi) is 13.2. The Labute approximate surface area is 169 Å². The van der Waals surface area contributed by atoms with E-state index in [1.807, 2.05) is 24.3 Å². The Hall–Kier alpha value is -1.31. The van der Waals surface area contributed by atoms with Gasteiger partial charge in [0.05, 0.1) is 0 Å². The zero-order chi connectivity index (χ0) is 17.8. The molecule has 1 rings (SSSR count). The van der Waals surface area contributed by atoms with E-state index in [4.69, 9.17) is 0 Å². The Morgan fingerprint density at radius 2 is 1.76 bits per heavy atom. The van der Waals surface area contributed by atoms with Gasteiger partial charge < -0.3 is 16.0 Å². The number of rotatable bonds is 9. The molecule has 3 N–H and O–H groups in total. The van der Waals surface area contributed by atoms with Gasteiger partial charge in [-0.3, -0.25) is 9.79 Å². The first kappa shape index (κ1) is 23.7. The van der Waals surface area contributed by atoms with Crippen molar-refractivity contribution >= 4 is 35.8 Å². The summed E-state index contributed by atoms with van der Waals surface area (Å²) in [5, 5.41) is 9.52. The first-order chi connectivity index (χ1) is 11.6. The van der Waals surface area contributed by atoms with Crippen LogP contribution >= 0.6 is 24.0 Å². The molecule has 0 aromatic heterocycles. The van der Waals surface area contributed by atoms with Crippen molar-refractivity contribution in [1.82, 2.24) is 16.0 Å². The van der Waals surface area contributed by atoms with Gasteiger partial charge in [-0.2, -0.15) is 0 Å². The number of hydrogen-bond donors (Lipinski definition) is 3. The van der Waals surface area contributed by atoms with Crippen LogP contribution in [0, 0.1) is 5.92 Å². The SMILES string of the molecule is CCCCNC(=O)c1ccc(CNC(=NC)NCCC(C)C)cc1.I. The molecule has 0 spiro atoms. The smallest absolute Gasteiger partial charge is 0.251 e. The molecule has 142 valence electrons. The lowest BCUT2D eigenvalue weighted by Crippen LogP contribution is -2.37. The second-order valence-corrected chi connectivity index (χ2v) is 6.34. The minimum absolute atomic E-state index is 0. The van der Waals surface area contributed by atoms with Crippen LogP contribution in [0.25, 0.3) is 0 Å². The molecule has 0 heterocycles. The lowest BCUT2D eigenvalue weighted by atomic mass is 10.1. The summed E-state index contributed by atoms with van der Waals surface area (Å²) < 4.78 is 0. The van der Waals surface area contributed by atoms with E-state index in [9.17, 15) is 4.79 Å². The summed E-state index contributed by atoms with van der Waals surface area (Å²) in [5.74, 6) is 1.47. The predicted molar refractivity (Wildman–Crippen MR) is 117 cm³/mol. The quantitative estimate of drug-likeness (QED) is 0.229.